The minimum absolute atomic E-state index is 0.0284. The molecular weight excluding hydrogens is 304 g/mol. The third-order valence-corrected chi connectivity index (χ3v) is 4.27. The number of carbonyl (C=O) groups excluding carboxylic acids is 1. The highest BCUT2D eigenvalue weighted by molar-refractivity contribution is 9.10. The number of hydrogen-bond donors (Lipinski definition) is 2. The summed E-state index contributed by atoms with van der Waals surface area (Å²) in [6.07, 6.45) is 7.82. The lowest BCUT2D eigenvalue weighted by Crippen LogP contribution is -2.36. The zero-order valence-corrected chi connectivity index (χ0v) is 12.3. The molecule has 0 radical (unpaired) electrons. The van der Waals surface area contributed by atoms with Crippen molar-refractivity contribution >= 4 is 32.7 Å². The van der Waals surface area contributed by atoms with E-state index < -0.39 is 0 Å². The normalized spacial score (nSPS) is 16.7. The Hall–Kier alpha value is -1.29. The number of fused-ring (bicyclic) bond motifs is 1. The number of H-pyrrole nitrogens is 1. The van der Waals surface area contributed by atoms with Crippen molar-refractivity contribution in [2.24, 2.45) is 0 Å². The molecule has 1 heterocycles. The van der Waals surface area contributed by atoms with Gasteiger partial charge in [0.25, 0.3) is 5.91 Å². The van der Waals surface area contributed by atoms with Crippen molar-refractivity contribution in [2.45, 2.75) is 38.1 Å². The molecule has 3 rings (SSSR count). The fourth-order valence-corrected chi connectivity index (χ4v) is 3.30. The Labute approximate surface area is 120 Å². The van der Waals surface area contributed by atoms with Crippen LogP contribution in [0.5, 0.6) is 0 Å². The summed E-state index contributed by atoms with van der Waals surface area (Å²) in [6, 6.07) is 6.22. The quantitative estimate of drug-likeness (QED) is 0.863. The minimum Gasteiger partial charge on any atom is -0.361 e. The standard InChI is InChI=1S/C15H17BrN2O/c16-11-8-10-6-7-17-14(10)13(9-11)15(19)18-12-4-2-1-3-5-12/h6-9,12,17H,1-5H2,(H,18,19). The van der Waals surface area contributed by atoms with Crippen LogP contribution in [-0.2, 0) is 0 Å². The van der Waals surface area contributed by atoms with Gasteiger partial charge in [0.15, 0.2) is 0 Å². The fourth-order valence-electron chi connectivity index (χ4n) is 2.82. The van der Waals surface area contributed by atoms with Crippen molar-refractivity contribution in [1.29, 1.82) is 0 Å². The van der Waals surface area contributed by atoms with E-state index in [1.54, 1.807) is 0 Å². The first-order valence-corrected chi connectivity index (χ1v) is 7.61. The molecule has 0 bridgehead atoms. The largest absolute Gasteiger partial charge is 0.361 e. The van der Waals surface area contributed by atoms with Crippen molar-refractivity contribution in [3.63, 3.8) is 0 Å². The molecule has 1 fully saturated rings. The Morgan fingerprint density at radius 1 is 1.26 bits per heavy atom. The molecule has 1 aromatic heterocycles. The lowest BCUT2D eigenvalue weighted by Gasteiger charge is -2.22. The van der Waals surface area contributed by atoms with Gasteiger partial charge in [-0.05, 0) is 31.0 Å². The van der Waals surface area contributed by atoms with Crippen molar-refractivity contribution in [3.05, 3.63) is 34.4 Å². The van der Waals surface area contributed by atoms with E-state index in [-0.39, 0.29) is 5.91 Å². The average molecular weight is 321 g/mol. The van der Waals surface area contributed by atoms with E-state index in [1.165, 1.54) is 19.3 Å². The molecule has 1 amide bonds. The van der Waals surface area contributed by atoms with E-state index in [4.69, 9.17) is 0 Å². The van der Waals surface area contributed by atoms with Gasteiger partial charge in [-0.15, -0.1) is 0 Å². The lowest BCUT2D eigenvalue weighted by molar-refractivity contribution is 0.0929. The van der Waals surface area contributed by atoms with Crippen LogP contribution in [0.4, 0.5) is 0 Å². The molecule has 0 atom stereocenters. The molecule has 2 N–H and O–H groups in total. The van der Waals surface area contributed by atoms with Gasteiger partial charge in [-0.3, -0.25) is 4.79 Å². The number of hydrogen-bond acceptors (Lipinski definition) is 1. The molecule has 1 aromatic carbocycles. The van der Waals surface area contributed by atoms with Crippen LogP contribution in [0.2, 0.25) is 0 Å². The van der Waals surface area contributed by atoms with Gasteiger partial charge in [0.1, 0.15) is 0 Å². The second-order valence-corrected chi connectivity index (χ2v) is 6.12. The summed E-state index contributed by atoms with van der Waals surface area (Å²) in [7, 11) is 0. The summed E-state index contributed by atoms with van der Waals surface area (Å²) >= 11 is 3.47. The summed E-state index contributed by atoms with van der Waals surface area (Å²) in [4.78, 5) is 15.6. The summed E-state index contributed by atoms with van der Waals surface area (Å²) in [5.74, 6) is 0.0284. The van der Waals surface area contributed by atoms with E-state index in [2.05, 4.69) is 26.2 Å². The topological polar surface area (TPSA) is 44.9 Å². The predicted molar refractivity (Wildman–Crippen MR) is 80.3 cm³/mol. The zero-order chi connectivity index (χ0) is 13.2. The summed E-state index contributed by atoms with van der Waals surface area (Å²) < 4.78 is 0.938. The molecule has 19 heavy (non-hydrogen) atoms. The molecule has 4 heteroatoms. The monoisotopic (exact) mass is 320 g/mol. The van der Waals surface area contributed by atoms with Gasteiger partial charge in [-0.25, -0.2) is 0 Å². The molecule has 1 aliphatic rings. The molecule has 2 aromatic rings. The zero-order valence-electron chi connectivity index (χ0n) is 10.7. The Bertz CT molecular complexity index is 599. The maximum atomic E-state index is 12.4. The van der Waals surface area contributed by atoms with Crippen LogP contribution in [0.15, 0.2) is 28.9 Å². The molecule has 1 saturated carbocycles. The molecule has 3 nitrogen and oxygen atoms in total. The number of rotatable bonds is 2. The van der Waals surface area contributed by atoms with E-state index in [0.29, 0.717) is 6.04 Å². The Balaban J connectivity index is 1.86. The number of nitrogens with one attached hydrogen (secondary N) is 2. The van der Waals surface area contributed by atoms with Gasteiger partial charge >= 0.3 is 0 Å². The molecule has 1 aliphatic carbocycles. The van der Waals surface area contributed by atoms with E-state index in [0.717, 1.165) is 33.8 Å². The summed E-state index contributed by atoms with van der Waals surface area (Å²) in [6.45, 7) is 0. The molecule has 0 spiro atoms. The number of carbonyl (C=O) groups is 1. The number of aromatic nitrogens is 1. The highest BCUT2D eigenvalue weighted by Gasteiger charge is 2.18. The van der Waals surface area contributed by atoms with E-state index >= 15 is 0 Å². The van der Waals surface area contributed by atoms with Crippen LogP contribution in [0.3, 0.4) is 0 Å². The summed E-state index contributed by atoms with van der Waals surface area (Å²) in [5.41, 5.74) is 1.64. The van der Waals surface area contributed by atoms with Gasteiger partial charge in [-0.2, -0.15) is 0 Å². The highest BCUT2D eigenvalue weighted by Crippen LogP contribution is 2.24. The van der Waals surface area contributed by atoms with Gasteiger partial charge in [0, 0.05) is 22.1 Å². The smallest absolute Gasteiger partial charge is 0.253 e. The Morgan fingerprint density at radius 3 is 2.84 bits per heavy atom. The second kappa shape index (κ2) is 5.37. The van der Waals surface area contributed by atoms with Crippen molar-refractivity contribution < 1.29 is 4.79 Å². The number of benzene rings is 1. The third kappa shape index (κ3) is 2.68. The molecule has 0 aliphatic heterocycles. The third-order valence-electron chi connectivity index (χ3n) is 3.81. The van der Waals surface area contributed by atoms with E-state index in [9.17, 15) is 4.79 Å². The Morgan fingerprint density at radius 2 is 2.05 bits per heavy atom. The van der Waals surface area contributed by atoms with Crippen LogP contribution in [0, 0.1) is 0 Å². The predicted octanol–water partition coefficient (Wildman–Crippen LogP) is 3.99. The van der Waals surface area contributed by atoms with E-state index in [1.807, 2.05) is 24.4 Å². The minimum atomic E-state index is 0.0284. The molecule has 0 unspecified atom stereocenters. The van der Waals surface area contributed by atoms with Crippen LogP contribution in [0.1, 0.15) is 42.5 Å². The number of halogens is 1. The van der Waals surface area contributed by atoms with Gasteiger partial charge in [0.2, 0.25) is 0 Å². The van der Waals surface area contributed by atoms with Crippen LogP contribution < -0.4 is 5.32 Å². The molecule has 0 saturated heterocycles. The molecule has 100 valence electrons. The number of aromatic amines is 1. The second-order valence-electron chi connectivity index (χ2n) is 5.20. The van der Waals surface area contributed by atoms with Crippen LogP contribution >= 0.6 is 15.9 Å². The maximum Gasteiger partial charge on any atom is 0.253 e. The van der Waals surface area contributed by atoms with Gasteiger partial charge < -0.3 is 10.3 Å². The van der Waals surface area contributed by atoms with Crippen molar-refractivity contribution in [1.82, 2.24) is 10.3 Å². The maximum absolute atomic E-state index is 12.4. The highest BCUT2D eigenvalue weighted by atomic mass is 79.9. The van der Waals surface area contributed by atoms with Crippen LogP contribution in [0.25, 0.3) is 10.9 Å². The fraction of sp³-hybridized carbons (Fsp3) is 0.400. The first-order chi connectivity index (χ1) is 9.24. The first kappa shape index (κ1) is 12.7. The first-order valence-electron chi connectivity index (χ1n) is 6.81. The molecular formula is C15H17BrN2O. The average Bonchev–Trinajstić information content (AvgIpc) is 2.86. The van der Waals surface area contributed by atoms with Crippen molar-refractivity contribution in [3.8, 4) is 0 Å². The Kier molecular flexibility index (Phi) is 3.60. The van der Waals surface area contributed by atoms with Gasteiger partial charge in [0.05, 0.1) is 11.1 Å². The van der Waals surface area contributed by atoms with Crippen LogP contribution in [-0.4, -0.2) is 16.9 Å². The SMILES string of the molecule is O=C(NC1CCCCC1)c1cc(Br)cc2cc[nH]c12. The number of amides is 1. The van der Waals surface area contributed by atoms with Gasteiger partial charge in [-0.1, -0.05) is 35.2 Å². The lowest BCUT2D eigenvalue weighted by atomic mass is 9.95. The summed E-state index contributed by atoms with van der Waals surface area (Å²) in [5, 5.41) is 4.22. The van der Waals surface area contributed by atoms with Crippen molar-refractivity contribution in [2.75, 3.05) is 0 Å².